The van der Waals surface area contributed by atoms with Gasteiger partial charge in [-0.25, -0.2) is 9.78 Å². The Labute approximate surface area is 299 Å². The highest BCUT2D eigenvalue weighted by Crippen LogP contribution is 2.40. The predicted molar refractivity (Wildman–Crippen MR) is 193 cm³/mol. The van der Waals surface area contributed by atoms with Crippen molar-refractivity contribution in [1.29, 1.82) is 0 Å². The van der Waals surface area contributed by atoms with Crippen molar-refractivity contribution in [3.63, 3.8) is 0 Å². The minimum Gasteiger partial charge on any atom is -0.481 e. The maximum atomic E-state index is 14.1. The van der Waals surface area contributed by atoms with Crippen LogP contribution in [0.25, 0.3) is 22.3 Å². The van der Waals surface area contributed by atoms with Gasteiger partial charge in [0.15, 0.2) is 11.9 Å². The van der Waals surface area contributed by atoms with Crippen LogP contribution in [0.4, 0.5) is 4.79 Å². The predicted octanol–water partition coefficient (Wildman–Crippen LogP) is 6.82. The molecule has 0 unspecified atom stereocenters. The van der Waals surface area contributed by atoms with Crippen molar-refractivity contribution in [2.24, 2.45) is 0 Å². The minimum atomic E-state index is -1.72. The van der Waals surface area contributed by atoms with Crippen LogP contribution in [-0.4, -0.2) is 63.3 Å². The fourth-order valence-corrected chi connectivity index (χ4v) is 8.02. The monoisotopic (exact) mass is 728 g/mol. The largest absolute Gasteiger partial charge is 0.514 e. The highest BCUT2D eigenvalue weighted by Gasteiger charge is 2.40. The number of nitrogens with zero attached hydrogens (tertiary/aromatic N) is 2. The molecule has 270 valence electrons. The highest BCUT2D eigenvalue weighted by atomic mass is 33.1. The van der Waals surface area contributed by atoms with Crippen LogP contribution < -0.4 is 10.3 Å². The molecule has 1 N–H and O–H groups in total. The van der Waals surface area contributed by atoms with Gasteiger partial charge in [-0.2, -0.15) is 0 Å². The molecule has 1 aliphatic heterocycles. The summed E-state index contributed by atoms with van der Waals surface area (Å²) in [7, 11) is 4.55. The van der Waals surface area contributed by atoms with Crippen molar-refractivity contribution in [1.82, 2.24) is 9.55 Å². The van der Waals surface area contributed by atoms with Gasteiger partial charge in [-0.3, -0.25) is 19.2 Å². The molecule has 0 fully saturated rings. The molecule has 0 bridgehead atoms. The average molecular weight is 729 g/mol. The number of carbonyl (C=O) groups excluding carboxylic acids is 3. The molecule has 0 amide bonds. The lowest BCUT2D eigenvalue weighted by Crippen LogP contribution is -2.38. The van der Waals surface area contributed by atoms with Crippen LogP contribution in [0.5, 0.6) is 5.75 Å². The molecule has 0 saturated heterocycles. The Morgan fingerprint density at radius 2 is 1.72 bits per heavy atom. The summed E-state index contributed by atoms with van der Waals surface area (Å²) in [6.07, 6.45) is 1.71. The van der Waals surface area contributed by atoms with Gasteiger partial charge in [0.2, 0.25) is 0 Å². The number of hydrogen-bond acceptors (Lipinski definition) is 12. The highest BCUT2D eigenvalue weighted by molar-refractivity contribution is 8.76. The van der Waals surface area contributed by atoms with E-state index in [0.717, 1.165) is 16.5 Å². The van der Waals surface area contributed by atoms with Gasteiger partial charge >= 0.3 is 18.1 Å². The van der Waals surface area contributed by atoms with E-state index in [4.69, 9.17) is 29.0 Å². The van der Waals surface area contributed by atoms with Crippen molar-refractivity contribution in [3.05, 3.63) is 56.9 Å². The van der Waals surface area contributed by atoms with E-state index in [2.05, 4.69) is 0 Å². The Hall–Kier alpha value is -3.88. The summed E-state index contributed by atoms with van der Waals surface area (Å²) in [6, 6.07) is 6.83. The lowest BCUT2D eigenvalue weighted by atomic mass is 9.88. The first kappa shape index (κ1) is 38.9. The molecule has 0 spiro atoms. The lowest BCUT2D eigenvalue weighted by Gasteiger charge is -2.30. The maximum absolute atomic E-state index is 14.1. The van der Waals surface area contributed by atoms with Gasteiger partial charge in [0.1, 0.15) is 11.4 Å². The topological polar surface area (TPSA) is 160 Å². The Balaban J connectivity index is 1.65. The first-order valence-electron chi connectivity index (χ1n) is 16.5. The van der Waals surface area contributed by atoms with E-state index in [1.54, 1.807) is 78.1 Å². The van der Waals surface area contributed by atoms with E-state index < -0.39 is 29.3 Å². The zero-order valence-corrected chi connectivity index (χ0v) is 30.9. The summed E-state index contributed by atoms with van der Waals surface area (Å²) in [5.41, 5.74) is 1.14. The Kier molecular flexibility index (Phi) is 13.1. The zero-order chi connectivity index (χ0) is 36.6. The molecule has 3 heterocycles. The second-order valence-corrected chi connectivity index (χ2v) is 15.5. The van der Waals surface area contributed by atoms with Gasteiger partial charge in [-0.15, -0.1) is 0 Å². The number of pyridine rings is 2. The molecule has 1 aromatic carbocycles. The normalized spacial score (nSPS) is 13.3. The number of fused-ring (bicyclic) bond motifs is 4. The van der Waals surface area contributed by atoms with Crippen LogP contribution in [0.3, 0.4) is 0 Å². The molecule has 1 aliphatic rings. The summed E-state index contributed by atoms with van der Waals surface area (Å²) in [4.78, 5) is 68.0. The second kappa shape index (κ2) is 16.9. The zero-order valence-electron chi connectivity index (χ0n) is 29.3. The molecule has 1 atom stereocenters. The number of aryl methyl sites for hydroxylation is 1. The van der Waals surface area contributed by atoms with E-state index >= 15 is 0 Å². The molecule has 12 nitrogen and oxygen atoms in total. The third-order valence-corrected chi connectivity index (χ3v) is 10.7. The number of ether oxygens (including phenoxy) is 4. The van der Waals surface area contributed by atoms with Crippen molar-refractivity contribution in [2.45, 2.75) is 97.5 Å². The van der Waals surface area contributed by atoms with Crippen molar-refractivity contribution in [2.75, 3.05) is 18.6 Å². The quantitative estimate of drug-likeness (QED) is 0.0397. The van der Waals surface area contributed by atoms with Crippen molar-refractivity contribution >= 4 is 56.9 Å². The molecule has 14 heteroatoms. The number of rotatable bonds is 17. The molecular formula is C36H44N2O10S2. The summed E-state index contributed by atoms with van der Waals surface area (Å²) >= 11 is 0. The minimum absolute atomic E-state index is 0.0671. The number of aliphatic carboxylic acids is 1. The van der Waals surface area contributed by atoms with Crippen LogP contribution in [-0.2, 0) is 53.8 Å². The van der Waals surface area contributed by atoms with Crippen LogP contribution in [0.15, 0.2) is 29.1 Å². The van der Waals surface area contributed by atoms with E-state index in [1.165, 1.54) is 7.11 Å². The van der Waals surface area contributed by atoms with E-state index in [1.807, 2.05) is 6.92 Å². The Morgan fingerprint density at radius 3 is 2.32 bits per heavy atom. The summed E-state index contributed by atoms with van der Waals surface area (Å²) in [5.74, 6) is 0.247. The number of hydrogen-bond donors (Lipinski definition) is 1. The van der Waals surface area contributed by atoms with Crippen LogP contribution >= 0.6 is 21.6 Å². The van der Waals surface area contributed by atoms with E-state index in [-0.39, 0.29) is 49.1 Å². The number of benzene rings is 1. The third-order valence-electron chi connectivity index (χ3n) is 8.15. The molecule has 0 radical (unpaired) electrons. The molecule has 3 aromatic rings. The number of methoxy groups -OCH3 is 1. The molecule has 0 aliphatic carbocycles. The van der Waals surface area contributed by atoms with Gasteiger partial charge in [-0.05, 0) is 76.3 Å². The Morgan fingerprint density at radius 1 is 1.02 bits per heavy atom. The SMILES string of the molecule is CCc1c2c(nc3ccc(OC(=O)OC(C)(C)C)cc13)-c1cc([C@](C=O)(CC)OC(=O)CCCSSCCCC(=O)O)c(COC)c(=O)n1C2. The van der Waals surface area contributed by atoms with Crippen molar-refractivity contribution in [3.8, 4) is 17.1 Å². The lowest BCUT2D eigenvalue weighted by molar-refractivity contribution is -0.164. The van der Waals surface area contributed by atoms with Gasteiger partial charge in [0, 0.05) is 48.0 Å². The van der Waals surface area contributed by atoms with Crippen LogP contribution in [0.2, 0.25) is 0 Å². The molecular weight excluding hydrogens is 685 g/mol. The average Bonchev–Trinajstić information content (AvgIpc) is 3.42. The molecule has 4 rings (SSSR count). The Bertz CT molecular complexity index is 1820. The fourth-order valence-electron chi connectivity index (χ4n) is 5.84. The van der Waals surface area contributed by atoms with Gasteiger partial charge < -0.3 is 28.6 Å². The summed E-state index contributed by atoms with van der Waals surface area (Å²) < 4.78 is 23.7. The second-order valence-electron chi connectivity index (χ2n) is 12.8. The van der Waals surface area contributed by atoms with E-state index in [9.17, 15) is 24.0 Å². The van der Waals surface area contributed by atoms with Gasteiger partial charge in [0.25, 0.3) is 5.56 Å². The van der Waals surface area contributed by atoms with Crippen molar-refractivity contribution < 1.29 is 43.2 Å². The van der Waals surface area contributed by atoms with Gasteiger partial charge in [-0.1, -0.05) is 35.4 Å². The summed E-state index contributed by atoms with van der Waals surface area (Å²) in [5, 5.41) is 9.53. The molecule has 50 heavy (non-hydrogen) atoms. The number of carboxylic acids is 1. The number of aromatic nitrogens is 2. The third kappa shape index (κ3) is 9.07. The molecule has 2 aromatic heterocycles. The number of esters is 1. The summed E-state index contributed by atoms with van der Waals surface area (Å²) in [6.45, 7) is 9.10. The van der Waals surface area contributed by atoms with Crippen LogP contribution in [0.1, 0.15) is 89.0 Å². The van der Waals surface area contributed by atoms with E-state index in [0.29, 0.717) is 59.7 Å². The first-order chi connectivity index (χ1) is 23.8. The fraction of sp³-hybridized carbons (Fsp3) is 0.500. The smallest absolute Gasteiger partial charge is 0.481 e. The number of carbonyl (C=O) groups is 4. The van der Waals surface area contributed by atoms with Crippen LogP contribution in [0, 0.1) is 0 Å². The number of carboxylic acid groups (broad SMARTS) is 1. The standard InChI is InChI=1S/C36H44N2O10S2/c1-7-23-24-17-22(46-34(44)48-35(3,4)5)13-14-28(24)37-32-25(23)19-38-29(32)18-27(26(20-45-6)33(38)43)36(8-2,21-39)47-31(42)12-10-16-50-49-15-9-11-30(40)41/h13-14,17-18,21H,7-12,15-16,19-20H2,1-6H3,(H,40,41)/t36-/m1/s1. The van der Waals surface area contributed by atoms with Gasteiger partial charge in [0.05, 0.1) is 35.6 Å². The maximum Gasteiger partial charge on any atom is 0.514 e. The number of aldehydes is 1. The first-order valence-corrected chi connectivity index (χ1v) is 19.0. The molecule has 0 saturated carbocycles.